The Morgan fingerprint density at radius 3 is 2.80 bits per heavy atom. The summed E-state index contributed by atoms with van der Waals surface area (Å²) in [6.45, 7) is 0.528. The number of nitro benzene ring substituents is 1. The maximum Gasteiger partial charge on any atom is 0.271 e. The number of nitrogens with zero attached hydrogens (tertiary/aromatic N) is 1. The number of nitrogens with one attached hydrogen (secondary N) is 1. The van der Waals surface area contributed by atoms with Crippen molar-refractivity contribution in [1.82, 2.24) is 5.32 Å². The third-order valence-corrected chi connectivity index (χ3v) is 3.59. The van der Waals surface area contributed by atoms with Crippen LogP contribution in [0, 0.1) is 16.0 Å². The highest BCUT2D eigenvalue weighted by molar-refractivity contribution is 6.32. The van der Waals surface area contributed by atoms with E-state index in [1.165, 1.54) is 24.6 Å². The van der Waals surface area contributed by atoms with Gasteiger partial charge >= 0.3 is 0 Å². The molecule has 0 spiro atoms. The van der Waals surface area contributed by atoms with Crippen LogP contribution in [0.25, 0.3) is 0 Å². The Balaban J connectivity index is 1.80. The van der Waals surface area contributed by atoms with Crippen molar-refractivity contribution in [3.8, 4) is 5.75 Å². The number of hydrogen-bond donors (Lipinski definition) is 1. The molecule has 0 heterocycles. The summed E-state index contributed by atoms with van der Waals surface area (Å²) < 4.78 is 5.25. The number of hydrogen-bond acceptors (Lipinski definition) is 4. The molecular formula is C13H15ClN2O4. The maximum absolute atomic E-state index is 11.6. The molecule has 108 valence electrons. The lowest BCUT2D eigenvalue weighted by molar-refractivity contribution is -0.384. The summed E-state index contributed by atoms with van der Waals surface area (Å²) in [5.41, 5.74) is -0.114. The number of nitro groups is 1. The van der Waals surface area contributed by atoms with Crippen molar-refractivity contribution in [2.75, 3.05) is 13.2 Å². The number of carbonyl (C=O) groups is 1. The van der Waals surface area contributed by atoms with E-state index in [-0.39, 0.29) is 29.0 Å². The van der Waals surface area contributed by atoms with Crippen LogP contribution in [-0.4, -0.2) is 24.0 Å². The van der Waals surface area contributed by atoms with Crippen molar-refractivity contribution in [1.29, 1.82) is 0 Å². The summed E-state index contributed by atoms with van der Waals surface area (Å²) >= 11 is 5.85. The van der Waals surface area contributed by atoms with E-state index in [2.05, 4.69) is 5.32 Å². The van der Waals surface area contributed by atoms with Gasteiger partial charge in [0.05, 0.1) is 9.95 Å². The summed E-state index contributed by atoms with van der Waals surface area (Å²) in [7, 11) is 0. The average Bonchev–Trinajstić information content (AvgIpc) is 2.35. The summed E-state index contributed by atoms with van der Waals surface area (Å²) in [6, 6.07) is 3.87. The third-order valence-electron chi connectivity index (χ3n) is 3.30. The molecule has 20 heavy (non-hydrogen) atoms. The lowest BCUT2D eigenvalue weighted by Crippen LogP contribution is -2.35. The predicted molar refractivity (Wildman–Crippen MR) is 74.0 cm³/mol. The molecule has 0 atom stereocenters. The molecule has 1 aromatic carbocycles. The number of benzene rings is 1. The van der Waals surface area contributed by atoms with Crippen molar-refractivity contribution in [3.05, 3.63) is 33.3 Å². The molecular weight excluding hydrogens is 284 g/mol. The second-order valence-electron chi connectivity index (χ2n) is 4.76. The van der Waals surface area contributed by atoms with Gasteiger partial charge in [-0.15, -0.1) is 0 Å². The standard InChI is InChI=1S/C13H15ClN2O4/c14-11-6-10(16(18)19)4-5-12(11)20-8-13(17)15-7-9-2-1-3-9/h4-6,9H,1-3,7-8H2,(H,15,17). The summed E-state index contributed by atoms with van der Waals surface area (Å²) in [4.78, 5) is 21.6. The van der Waals surface area contributed by atoms with Gasteiger partial charge in [0.1, 0.15) is 5.75 Å². The summed E-state index contributed by atoms with van der Waals surface area (Å²) in [6.07, 6.45) is 3.56. The van der Waals surface area contributed by atoms with Gasteiger partial charge in [0, 0.05) is 18.7 Å². The van der Waals surface area contributed by atoms with E-state index in [9.17, 15) is 14.9 Å². The van der Waals surface area contributed by atoms with Gasteiger partial charge in [-0.3, -0.25) is 14.9 Å². The number of rotatable bonds is 6. The number of amides is 1. The van der Waals surface area contributed by atoms with E-state index < -0.39 is 4.92 Å². The molecule has 0 saturated heterocycles. The zero-order chi connectivity index (χ0) is 14.5. The molecule has 7 heteroatoms. The van der Waals surface area contributed by atoms with Crippen LogP contribution >= 0.6 is 11.6 Å². The second kappa shape index (κ2) is 6.56. The molecule has 0 bridgehead atoms. The minimum Gasteiger partial charge on any atom is -0.482 e. The van der Waals surface area contributed by atoms with E-state index in [4.69, 9.17) is 16.3 Å². The minimum atomic E-state index is -0.541. The molecule has 1 N–H and O–H groups in total. The second-order valence-corrected chi connectivity index (χ2v) is 5.17. The van der Waals surface area contributed by atoms with E-state index in [1.54, 1.807) is 0 Å². The Bertz CT molecular complexity index is 517. The zero-order valence-corrected chi connectivity index (χ0v) is 11.6. The molecule has 1 saturated carbocycles. The van der Waals surface area contributed by atoms with Crippen molar-refractivity contribution < 1.29 is 14.5 Å². The third kappa shape index (κ3) is 3.84. The van der Waals surface area contributed by atoms with E-state index in [1.807, 2.05) is 0 Å². The van der Waals surface area contributed by atoms with Crippen LogP contribution in [0.4, 0.5) is 5.69 Å². The van der Waals surface area contributed by atoms with Crippen LogP contribution in [0.3, 0.4) is 0 Å². The van der Waals surface area contributed by atoms with Gasteiger partial charge in [0.15, 0.2) is 6.61 Å². The average molecular weight is 299 g/mol. The lowest BCUT2D eigenvalue weighted by atomic mass is 9.85. The Morgan fingerprint density at radius 1 is 1.50 bits per heavy atom. The van der Waals surface area contributed by atoms with Gasteiger partial charge in [0.2, 0.25) is 0 Å². The maximum atomic E-state index is 11.6. The molecule has 0 aromatic heterocycles. The predicted octanol–water partition coefficient (Wildman–Crippen LogP) is 2.54. The number of ether oxygens (including phenoxy) is 1. The first-order chi connectivity index (χ1) is 9.56. The molecule has 0 radical (unpaired) electrons. The largest absolute Gasteiger partial charge is 0.482 e. The van der Waals surface area contributed by atoms with Gasteiger partial charge in [-0.2, -0.15) is 0 Å². The number of halogens is 1. The quantitative estimate of drug-likeness (QED) is 0.646. The highest BCUT2D eigenvalue weighted by Crippen LogP contribution is 2.28. The monoisotopic (exact) mass is 298 g/mol. The Labute approximate surface area is 121 Å². The molecule has 1 aliphatic carbocycles. The topological polar surface area (TPSA) is 81.5 Å². The van der Waals surface area contributed by atoms with E-state index in [0.717, 1.165) is 12.8 Å². The molecule has 1 aromatic rings. The normalized spacial score (nSPS) is 14.4. The Hall–Kier alpha value is -1.82. The van der Waals surface area contributed by atoms with Gasteiger partial charge < -0.3 is 10.1 Å². The fourth-order valence-corrected chi connectivity index (χ4v) is 2.10. The van der Waals surface area contributed by atoms with E-state index >= 15 is 0 Å². The Kier molecular flexibility index (Phi) is 4.79. The smallest absolute Gasteiger partial charge is 0.271 e. The molecule has 0 unspecified atom stereocenters. The first-order valence-corrected chi connectivity index (χ1v) is 6.77. The van der Waals surface area contributed by atoms with Crippen molar-refractivity contribution in [2.45, 2.75) is 19.3 Å². The number of carbonyl (C=O) groups excluding carboxylic acids is 1. The first-order valence-electron chi connectivity index (χ1n) is 6.39. The van der Waals surface area contributed by atoms with Crippen molar-refractivity contribution >= 4 is 23.2 Å². The highest BCUT2D eigenvalue weighted by Gasteiger charge is 2.18. The van der Waals surface area contributed by atoms with Crippen molar-refractivity contribution in [3.63, 3.8) is 0 Å². The van der Waals surface area contributed by atoms with E-state index in [0.29, 0.717) is 12.5 Å². The van der Waals surface area contributed by atoms with Crippen molar-refractivity contribution in [2.24, 2.45) is 5.92 Å². The fourth-order valence-electron chi connectivity index (χ4n) is 1.87. The van der Waals surface area contributed by atoms with Crippen LogP contribution in [0.1, 0.15) is 19.3 Å². The minimum absolute atomic E-state index is 0.114. The van der Waals surface area contributed by atoms with Crippen LogP contribution in [0.5, 0.6) is 5.75 Å². The number of non-ortho nitro benzene ring substituents is 1. The van der Waals surface area contributed by atoms with Crippen LogP contribution in [-0.2, 0) is 4.79 Å². The molecule has 0 aliphatic heterocycles. The molecule has 2 rings (SSSR count). The van der Waals surface area contributed by atoms with Gasteiger partial charge in [0.25, 0.3) is 11.6 Å². The Morgan fingerprint density at radius 2 is 2.25 bits per heavy atom. The lowest BCUT2D eigenvalue weighted by Gasteiger charge is -2.25. The van der Waals surface area contributed by atoms with Gasteiger partial charge in [-0.25, -0.2) is 0 Å². The van der Waals surface area contributed by atoms with Crippen LogP contribution in [0.2, 0.25) is 5.02 Å². The van der Waals surface area contributed by atoms with Crippen LogP contribution in [0.15, 0.2) is 18.2 Å². The summed E-state index contributed by atoms with van der Waals surface area (Å²) in [5.74, 6) is 0.629. The fraction of sp³-hybridized carbons (Fsp3) is 0.462. The molecule has 1 aliphatic rings. The van der Waals surface area contributed by atoms with Gasteiger partial charge in [-0.05, 0) is 24.8 Å². The molecule has 1 fully saturated rings. The molecule has 6 nitrogen and oxygen atoms in total. The van der Waals surface area contributed by atoms with Crippen LogP contribution < -0.4 is 10.1 Å². The zero-order valence-electron chi connectivity index (χ0n) is 10.8. The SMILES string of the molecule is O=C(COc1ccc([N+](=O)[O-])cc1Cl)NCC1CCC1. The molecule has 1 amide bonds. The highest BCUT2D eigenvalue weighted by atomic mass is 35.5. The first kappa shape index (κ1) is 14.6. The van der Waals surface area contributed by atoms with Gasteiger partial charge in [-0.1, -0.05) is 18.0 Å². The summed E-state index contributed by atoms with van der Waals surface area (Å²) in [5, 5.41) is 13.5.